The van der Waals surface area contributed by atoms with Crippen LogP contribution in [-0.4, -0.2) is 49.9 Å². The first-order valence-corrected chi connectivity index (χ1v) is 12.4. The Morgan fingerprint density at radius 2 is 2.00 bits per heavy atom. The van der Waals surface area contributed by atoms with Crippen LogP contribution in [-0.2, 0) is 19.4 Å². The van der Waals surface area contributed by atoms with Crippen molar-refractivity contribution in [2.75, 3.05) is 24.2 Å². The van der Waals surface area contributed by atoms with Gasteiger partial charge in [-0.15, -0.1) is 11.8 Å². The fourth-order valence-electron chi connectivity index (χ4n) is 2.90. The largest absolute Gasteiger partial charge is 0.494 e. The van der Waals surface area contributed by atoms with E-state index in [9.17, 15) is 18.0 Å². The van der Waals surface area contributed by atoms with Gasteiger partial charge in [0.15, 0.2) is 15.1 Å². The number of amides is 2. The standard InChI is InChI=1S/C20H22ClN3O5S2/c1-2-29-15-8-6-14(7-9-15)23-18(25)12-30-20-22-11-17(19(26)24-20)31(27,28)16-5-3-4-13(21)10-16/h3-10,17,20,22H,2,11-12H2,1H3,(H,23,25)(H,24,26). The van der Waals surface area contributed by atoms with Gasteiger partial charge in [-0.05, 0) is 49.4 Å². The highest BCUT2D eigenvalue weighted by Gasteiger charge is 2.38. The molecule has 1 aliphatic rings. The van der Waals surface area contributed by atoms with E-state index in [1.54, 1.807) is 30.3 Å². The summed E-state index contributed by atoms with van der Waals surface area (Å²) in [5, 5.41) is 7.31. The molecule has 0 saturated carbocycles. The van der Waals surface area contributed by atoms with Crippen LogP contribution in [0.3, 0.4) is 0 Å². The fourth-order valence-corrected chi connectivity index (χ4v) is 5.51. The third-order valence-corrected chi connectivity index (χ3v) is 7.71. The maximum atomic E-state index is 12.8. The van der Waals surface area contributed by atoms with Crippen molar-refractivity contribution in [2.24, 2.45) is 0 Å². The number of carbonyl (C=O) groups is 2. The van der Waals surface area contributed by atoms with Crippen molar-refractivity contribution in [1.82, 2.24) is 10.6 Å². The third kappa shape index (κ3) is 6.13. The van der Waals surface area contributed by atoms with Gasteiger partial charge in [0.05, 0.1) is 17.3 Å². The minimum Gasteiger partial charge on any atom is -0.494 e. The SMILES string of the molecule is CCOc1ccc(NC(=O)CSC2NCC(S(=O)(=O)c3cccc(Cl)c3)C(=O)N2)cc1. The van der Waals surface area contributed by atoms with Gasteiger partial charge in [0, 0.05) is 17.3 Å². The second-order valence-corrected chi connectivity index (χ2v) is 10.3. The second kappa shape index (κ2) is 10.4. The van der Waals surface area contributed by atoms with Gasteiger partial charge in [-0.2, -0.15) is 0 Å². The number of rotatable bonds is 8. The van der Waals surface area contributed by atoms with E-state index in [0.29, 0.717) is 18.0 Å². The first-order chi connectivity index (χ1) is 14.8. The molecule has 2 amide bonds. The molecule has 11 heteroatoms. The quantitative estimate of drug-likeness (QED) is 0.527. The summed E-state index contributed by atoms with van der Waals surface area (Å²) in [7, 11) is -3.89. The first kappa shape index (κ1) is 23.4. The molecule has 0 radical (unpaired) electrons. The molecule has 2 aromatic rings. The molecule has 31 heavy (non-hydrogen) atoms. The Labute approximate surface area is 190 Å². The lowest BCUT2D eigenvalue weighted by atomic mass is 10.3. The van der Waals surface area contributed by atoms with Crippen LogP contribution >= 0.6 is 23.4 Å². The third-order valence-electron chi connectivity index (χ3n) is 4.38. The van der Waals surface area contributed by atoms with Crippen LogP contribution in [0.4, 0.5) is 5.69 Å². The Morgan fingerprint density at radius 3 is 2.65 bits per heavy atom. The molecular formula is C20H22ClN3O5S2. The molecule has 3 rings (SSSR count). The summed E-state index contributed by atoms with van der Waals surface area (Å²) in [4.78, 5) is 24.6. The first-order valence-electron chi connectivity index (χ1n) is 9.47. The number of sulfone groups is 1. The van der Waals surface area contributed by atoms with Gasteiger partial charge in [-0.3, -0.25) is 14.9 Å². The smallest absolute Gasteiger partial charge is 0.241 e. The summed E-state index contributed by atoms with van der Waals surface area (Å²) in [6.45, 7) is 2.38. The van der Waals surface area contributed by atoms with E-state index in [1.165, 1.54) is 18.2 Å². The normalized spacial score (nSPS) is 18.8. The van der Waals surface area contributed by atoms with Crippen LogP contribution < -0.4 is 20.7 Å². The number of nitrogens with one attached hydrogen (secondary N) is 3. The Balaban J connectivity index is 1.51. The van der Waals surface area contributed by atoms with Crippen molar-refractivity contribution in [3.8, 4) is 5.75 Å². The lowest BCUT2D eigenvalue weighted by Crippen LogP contribution is -2.59. The minimum absolute atomic E-state index is 0.0113. The van der Waals surface area contributed by atoms with Gasteiger partial charge >= 0.3 is 0 Å². The Bertz CT molecular complexity index is 1050. The van der Waals surface area contributed by atoms with E-state index in [2.05, 4.69) is 16.0 Å². The molecule has 0 aromatic heterocycles. The lowest BCUT2D eigenvalue weighted by molar-refractivity contribution is -0.122. The van der Waals surface area contributed by atoms with E-state index in [4.69, 9.17) is 16.3 Å². The molecule has 2 aromatic carbocycles. The molecule has 2 unspecified atom stereocenters. The van der Waals surface area contributed by atoms with E-state index in [-0.39, 0.29) is 28.1 Å². The highest BCUT2D eigenvalue weighted by molar-refractivity contribution is 8.00. The number of carbonyl (C=O) groups excluding carboxylic acids is 2. The predicted octanol–water partition coefficient (Wildman–Crippen LogP) is 2.26. The maximum absolute atomic E-state index is 12.8. The summed E-state index contributed by atoms with van der Waals surface area (Å²) < 4.78 is 30.9. The average Bonchev–Trinajstić information content (AvgIpc) is 2.74. The Kier molecular flexibility index (Phi) is 7.82. The van der Waals surface area contributed by atoms with Crippen LogP contribution in [0.1, 0.15) is 6.92 Å². The zero-order valence-electron chi connectivity index (χ0n) is 16.6. The lowest BCUT2D eigenvalue weighted by Gasteiger charge is -2.29. The molecule has 1 heterocycles. The van der Waals surface area contributed by atoms with E-state index < -0.39 is 26.5 Å². The van der Waals surface area contributed by atoms with Gasteiger partial charge < -0.3 is 15.4 Å². The van der Waals surface area contributed by atoms with Gasteiger partial charge in [-0.25, -0.2) is 8.42 Å². The zero-order valence-corrected chi connectivity index (χ0v) is 19.0. The number of hydrogen-bond acceptors (Lipinski definition) is 7. The molecule has 0 aliphatic carbocycles. The molecule has 2 atom stereocenters. The van der Waals surface area contributed by atoms with E-state index in [0.717, 1.165) is 11.8 Å². The van der Waals surface area contributed by atoms with Crippen LogP contribution in [0.2, 0.25) is 5.02 Å². The Hall–Kier alpha value is -2.27. The van der Waals surface area contributed by atoms with Crippen molar-refractivity contribution in [1.29, 1.82) is 0 Å². The topological polar surface area (TPSA) is 114 Å². The second-order valence-electron chi connectivity index (χ2n) is 6.60. The molecule has 166 valence electrons. The van der Waals surface area contributed by atoms with Gasteiger partial charge in [-0.1, -0.05) is 17.7 Å². The predicted molar refractivity (Wildman–Crippen MR) is 121 cm³/mol. The number of anilines is 1. The number of benzene rings is 2. The van der Waals surface area contributed by atoms with E-state index >= 15 is 0 Å². The highest BCUT2D eigenvalue weighted by atomic mass is 35.5. The number of ether oxygens (including phenoxy) is 1. The highest BCUT2D eigenvalue weighted by Crippen LogP contribution is 2.22. The van der Waals surface area contributed by atoms with Crippen molar-refractivity contribution in [2.45, 2.75) is 22.6 Å². The molecule has 3 N–H and O–H groups in total. The van der Waals surface area contributed by atoms with Crippen molar-refractivity contribution >= 4 is 50.7 Å². The Morgan fingerprint density at radius 1 is 1.26 bits per heavy atom. The molecule has 0 bridgehead atoms. The summed E-state index contributed by atoms with van der Waals surface area (Å²) in [5.74, 6) is -0.0926. The number of thioether (sulfide) groups is 1. The van der Waals surface area contributed by atoms with Crippen LogP contribution in [0, 0.1) is 0 Å². The minimum atomic E-state index is -3.89. The van der Waals surface area contributed by atoms with Gasteiger partial charge in [0.1, 0.15) is 11.2 Å². The van der Waals surface area contributed by atoms with Crippen LogP contribution in [0.25, 0.3) is 0 Å². The molecule has 1 saturated heterocycles. The van der Waals surface area contributed by atoms with Crippen LogP contribution in [0.15, 0.2) is 53.4 Å². The summed E-state index contributed by atoms with van der Waals surface area (Å²) >= 11 is 7.03. The fraction of sp³-hybridized carbons (Fsp3) is 0.300. The summed E-state index contributed by atoms with van der Waals surface area (Å²) in [6, 6.07) is 12.8. The summed E-state index contributed by atoms with van der Waals surface area (Å²) in [5.41, 5.74) is 0.0479. The van der Waals surface area contributed by atoms with E-state index in [1.807, 2.05) is 6.92 Å². The van der Waals surface area contributed by atoms with Crippen LogP contribution in [0.5, 0.6) is 5.75 Å². The monoisotopic (exact) mass is 483 g/mol. The van der Waals surface area contributed by atoms with Gasteiger partial charge in [0.2, 0.25) is 11.8 Å². The van der Waals surface area contributed by atoms with Crippen molar-refractivity contribution in [3.05, 3.63) is 53.6 Å². The average molecular weight is 484 g/mol. The molecule has 8 nitrogen and oxygen atoms in total. The number of halogens is 1. The van der Waals surface area contributed by atoms with Crippen molar-refractivity contribution < 1.29 is 22.7 Å². The van der Waals surface area contributed by atoms with Crippen molar-refractivity contribution in [3.63, 3.8) is 0 Å². The number of hydrogen-bond donors (Lipinski definition) is 3. The molecule has 0 spiro atoms. The summed E-state index contributed by atoms with van der Waals surface area (Å²) in [6.07, 6.45) is 0. The molecule has 1 aliphatic heterocycles. The van der Waals surface area contributed by atoms with Gasteiger partial charge in [0.25, 0.3) is 0 Å². The zero-order chi connectivity index (χ0) is 22.4. The molecular weight excluding hydrogens is 462 g/mol. The molecule has 1 fully saturated rings. The maximum Gasteiger partial charge on any atom is 0.241 e.